The molecule has 2 atom stereocenters. The molecule has 7 rings (SSSR count). The third-order valence-electron chi connectivity index (χ3n) is 11.0. The Bertz CT molecular complexity index is 1990. The molecule has 2 aromatic carbocycles. The molecular weight excluding hydrogens is 733 g/mol. The van der Waals surface area contributed by atoms with Crippen LogP contribution >= 0.6 is 0 Å². The predicted octanol–water partition coefficient (Wildman–Crippen LogP) is 9.33. The van der Waals surface area contributed by atoms with Gasteiger partial charge in [-0.15, -0.1) is 0 Å². The molecule has 0 saturated carbocycles. The number of hydrogen-bond donors (Lipinski definition) is 1. The maximum Gasteiger partial charge on any atom is 0.410 e. The van der Waals surface area contributed by atoms with E-state index in [4.69, 9.17) is 24.3 Å². The van der Waals surface area contributed by atoms with Crippen LogP contribution in [0.25, 0.3) is 22.4 Å². The van der Waals surface area contributed by atoms with Gasteiger partial charge in [-0.3, -0.25) is 4.90 Å². The number of carbonyl (C=O) groups excluding carboxylic acids is 1. The number of hydrogen-bond acceptors (Lipinski definition) is 8. The number of fused-ring (bicyclic) bond motifs is 2. The van der Waals surface area contributed by atoms with Crippen LogP contribution in [0.4, 0.5) is 19.3 Å². The summed E-state index contributed by atoms with van der Waals surface area (Å²) in [5.74, 6) is 0.0414. The highest BCUT2D eigenvalue weighted by molar-refractivity contribution is 6.76. The second-order valence-corrected chi connectivity index (χ2v) is 23.7. The molecule has 0 aliphatic carbocycles. The molecule has 1 amide bonds. The van der Waals surface area contributed by atoms with Crippen LogP contribution in [-0.2, 0) is 34.0 Å². The molecule has 2 fully saturated rings. The third kappa shape index (κ3) is 9.63. The first-order valence-electron chi connectivity index (χ1n) is 20.3. The predicted molar refractivity (Wildman–Crippen MR) is 217 cm³/mol. The molecule has 4 aromatic rings. The number of rotatable bonds is 12. The van der Waals surface area contributed by atoms with Crippen molar-refractivity contribution in [3.63, 3.8) is 0 Å². The van der Waals surface area contributed by atoms with Crippen molar-refractivity contribution in [2.24, 2.45) is 5.92 Å². The molecule has 2 unspecified atom stereocenters. The third-order valence-corrected chi connectivity index (χ3v) is 12.7. The van der Waals surface area contributed by atoms with E-state index in [-0.39, 0.29) is 18.4 Å². The molecule has 2 aromatic heterocycles. The number of nitrogens with zero attached hydrogens (tertiary/aromatic N) is 6. The summed E-state index contributed by atoms with van der Waals surface area (Å²) >= 11 is 0. The van der Waals surface area contributed by atoms with Crippen molar-refractivity contribution in [3.05, 3.63) is 65.0 Å². The molecule has 304 valence electrons. The standard InChI is InChI=1S/C42H59F2N7O4Si/c1-28(30-20-31(43)22-32(44)21-30)45-33-11-12-36-34(23-33)39(47-51(36)38-10-8-9-17-54-38)40-46-35-25-48(26-37(35)50(40)27-53-18-19-56(5,6)7)24-29-13-15-49(16-14-29)41(52)55-42(2,3)4/h11-12,20-23,28-29,38,45H,8-10,13-19,24-27H2,1-7H3. The lowest BCUT2D eigenvalue weighted by atomic mass is 9.96. The summed E-state index contributed by atoms with van der Waals surface area (Å²) in [5.41, 5.74) is 4.70. The molecule has 11 nitrogen and oxygen atoms in total. The fourth-order valence-corrected chi connectivity index (χ4v) is 8.74. The van der Waals surface area contributed by atoms with Crippen LogP contribution in [0.5, 0.6) is 0 Å². The molecule has 5 heterocycles. The molecule has 3 aliphatic rings. The van der Waals surface area contributed by atoms with Crippen LogP contribution in [0.1, 0.15) is 89.0 Å². The van der Waals surface area contributed by atoms with Crippen molar-refractivity contribution < 1.29 is 27.8 Å². The SMILES string of the molecule is CC(Nc1ccc2c(c1)c(-c1nc3c(n1COCC[Si](C)(C)C)CN(CC1CCN(C(=O)OC(C)(C)C)CC1)C3)nn2C1CCCCO1)c1cc(F)cc(F)c1. The van der Waals surface area contributed by atoms with Gasteiger partial charge in [-0.05, 0) is 108 Å². The number of amides is 1. The molecular formula is C42H59F2N7O4Si. The molecule has 14 heteroatoms. The minimum absolute atomic E-state index is 0.187. The van der Waals surface area contributed by atoms with Gasteiger partial charge in [0.15, 0.2) is 12.1 Å². The van der Waals surface area contributed by atoms with Gasteiger partial charge in [-0.1, -0.05) is 19.6 Å². The lowest BCUT2D eigenvalue weighted by molar-refractivity contribution is -0.0365. The van der Waals surface area contributed by atoms with Crippen LogP contribution in [0.15, 0.2) is 36.4 Å². The highest BCUT2D eigenvalue weighted by Crippen LogP contribution is 2.38. The summed E-state index contributed by atoms with van der Waals surface area (Å²) in [6, 6.07) is 10.4. The quantitative estimate of drug-likeness (QED) is 0.112. The Balaban J connectivity index is 1.17. The Kier molecular flexibility index (Phi) is 11.9. The monoisotopic (exact) mass is 791 g/mol. The summed E-state index contributed by atoms with van der Waals surface area (Å²) in [6.07, 6.45) is 4.42. The number of nitrogens with one attached hydrogen (secondary N) is 1. The van der Waals surface area contributed by atoms with Crippen molar-refractivity contribution in [1.82, 2.24) is 29.1 Å². The van der Waals surface area contributed by atoms with E-state index in [9.17, 15) is 13.6 Å². The minimum Gasteiger partial charge on any atom is -0.444 e. The lowest BCUT2D eigenvalue weighted by Gasteiger charge is -2.34. The molecule has 3 aliphatic heterocycles. The Labute approximate surface area is 330 Å². The highest BCUT2D eigenvalue weighted by atomic mass is 28.3. The summed E-state index contributed by atoms with van der Waals surface area (Å²) in [6.45, 7) is 20.2. The van der Waals surface area contributed by atoms with E-state index in [1.165, 1.54) is 12.1 Å². The second kappa shape index (κ2) is 16.6. The maximum absolute atomic E-state index is 14.1. The number of carbonyl (C=O) groups is 1. The molecule has 0 spiro atoms. The smallest absolute Gasteiger partial charge is 0.410 e. The number of likely N-dealkylation sites (tertiary alicyclic amines) is 1. The summed E-state index contributed by atoms with van der Waals surface area (Å²) in [5, 5.41) is 9.64. The number of halogens is 2. The largest absolute Gasteiger partial charge is 0.444 e. The number of benzene rings is 2. The van der Waals surface area contributed by atoms with Crippen molar-refractivity contribution in [3.8, 4) is 11.5 Å². The van der Waals surface area contributed by atoms with Crippen LogP contribution in [-0.4, -0.2) is 81.7 Å². The molecule has 56 heavy (non-hydrogen) atoms. The topological polar surface area (TPSA) is 98.9 Å². The van der Waals surface area contributed by atoms with Gasteiger partial charge in [0.05, 0.1) is 16.9 Å². The average Bonchev–Trinajstić information content (AvgIpc) is 3.80. The molecule has 1 N–H and O–H groups in total. The van der Waals surface area contributed by atoms with Crippen LogP contribution in [0.2, 0.25) is 25.7 Å². The number of ether oxygens (including phenoxy) is 3. The van der Waals surface area contributed by atoms with Crippen LogP contribution in [0.3, 0.4) is 0 Å². The van der Waals surface area contributed by atoms with E-state index in [1.54, 1.807) is 0 Å². The summed E-state index contributed by atoms with van der Waals surface area (Å²) < 4.78 is 50.8. The molecule has 0 radical (unpaired) electrons. The van der Waals surface area contributed by atoms with Gasteiger partial charge in [0.2, 0.25) is 0 Å². The Morgan fingerprint density at radius 2 is 1.79 bits per heavy atom. The van der Waals surface area contributed by atoms with Gasteiger partial charge in [-0.2, -0.15) is 5.10 Å². The zero-order chi connectivity index (χ0) is 39.8. The first-order valence-corrected chi connectivity index (χ1v) is 24.0. The van der Waals surface area contributed by atoms with Gasteiger partial charge in [0.25, 0.3) is 0 Å². The van der Waals surface area contributed by atoms with E-state index in [0.29, 0.717) is 44.5 Å². The highest BCUT2D eigenvalue weighted by Gasteiger charge is 2.34. The number of aromatic nitrogens is 4. The number of anilines is 1. The van der Waals surface area contributed by atoms with E-state index < -0.39 is 25.3 Å². The first kappa shape index (κ1) is 40.3. The average molecular weight is 792 g/mol. The van der Waals surface area contributed by atoms with Crippen LogP contribution < -0.4 is 5.32 Å². The number of imidazole rings is 1. The van der Waals surface area contributed by atoms with Crippen molar-refractivity contribution in [2.45, 2.75) is 123 Å². The van der Waals surface area contributed by atoms with Gasteiger partial charge in [-0.25, -0.2) is 23.2 Å². The van der Waals surface area contributed by atoms with Gasteiger partial charge < -0.3 is 29.0 Å². The van der Waals surface area contributed by atoms with E-state index >= 15 is 0 Å². The zero-order valence-electron chi connectivity index (χ0n) is 34.2. The summed E-state index contributed by atoms with van der Waals surface area (Å²) in [7, 11) is -1.31. The lowest BCUT2D eigenvalue weighted by Crippen LogP contribution is -2.43. The summed E-state index contributed by atoms with van der Waals surface area (Å²) in [4.78, 5) is 22.3. The molecule has 2 saturated heterocycles. The Hall–Kier alpha value is -3.85. The van der Waals surface area contributed by atoms with Gasteiger partial charge in [0, 0.05) is 77.2 Å². The van der Waals surface area contributed by atoms with E-state index in [2.05, 4.69) is 40.5 Å². The van der Waals surface area contributed by atoms with Crippen LogP contribution in [0, 0.1) is 17.6 Å². The normalized spacial score (nSPS) is 19.1. The maximum atomic E-state index is 14.1. The zero-order valence-corrected chi connectivity index (χ0v) is 35.2. The fourth-order valence-electron chi connectivity index (χ4n) is 7.98. The van der Waals surface area contributed by atoms with Gasteiger partial charge in [0.1, 0.15) is 29.7 Å². The number of piperidine rings is 1. The van der Waals surface area contributed by atoms with Crippen molar-refractivity contribution in [1.29, 1.82) is 0 Å². The van der Waals surface area contributed by atoms with Crippen molar-refractivity contribution in [2.75, 3.05) is 38.2 Å². The Morgan fingerprint density at radius 1 is 1.04 bits per heavy atom. The van der Waals surface area contributed by atoms with E-state index in [0.717, 1.165) is 103 Å². The first-order chi connectivity index (χ1) is 26.6. The van der Waals surface area contributed by atoms with E-state index in [1.807, 2.05) is 49.4 Å². The Morgan fingerprint density at radius 3 is 2.46 bits per heavy atom. The van der Waals surface area contributed by atoms with Crippen molar-refractivity contribution >= 4 is 30.8 Å². The second-order valence-electron chi connectivity index (χ2n) is 18.1. The fraction of sp³-hybridized carbons (Fsp3) is 0.595. The molecule has 0 bridgehead atoms. The van der Waals surface area contributed by atoms with Gasteiger partial charge >= 0.3 is 6.09 Å². The minimum atomic E-state index is -1.31.